The molecule has 1 heterocycles. The number of nitrogens with zero attached hydrogens (tertiary/aromatic N) is 2. The van der Waals surface area contributed by atoms with E-state index in [2.05, 4.69) is 46.4 Å². The third-order valence-electron chi connectivity index (χ3n) is 5.49. The highest BCUT2D eigenvalue weighted by Gasteiger charge is 2.22. The highest BCUT2D eigenvalue weighted by Crippen LogP contribution is 2.20. The van der Waals surface area contributed by atoms with Crippen molar-refractivity contribution in [3.63, 3.8) is 0 Å². The minimum atomic E-state index is 0.150. The summed E-state index contributed by atoms with van der Waals surface area (Å²) in [6, 6.07) is 18.5. The van der Waals surface area contributed by atoms with Crippen LogP contribution < -0.4 is 24.8 Å². The number of carbonyl (C=O) groups is 1. The van der Waals surface area contributed by atoms with Gasteiger partial charge in [-0.2, -0.15) is 0 Å². The van der Waals surface area contributed by atoms with Crippen molar-refractivity contribution < 1.29 is 14.4 Å². The van der Waals surface area contributed by atoms with E-state index in [1.807, 2.05) is 30.3 Å². The Kier molecular flexibility index (Phi) is 7.76. The number of nitrogens with one attached hydrogen (secondary N) is 2. The zero-order valence-corrected chi connectivity index (χ0v) is 17.6. The van der Waals surface area contributed by atoms with Crippen LogP contribution in [0.5, 0.6) is 5.75 Å². The number of amides is 1. The van der Waals surface area contributed by atoms with E-state index in [9.17, 15) is 4.79 Å². The molecule has 2 N–H and O–H groups in total. The van der Waals surface area contributed by atoms with E-state index in [1.165, 1.54) is 16.3 Å². The number of benzene rings is 2. The third-order valence-corrected chi connectivity index (χ3v) is 5.49. The summed E-state index contributed by atoms with van der Waals surface area (Å²) in [6.45, 7) is 6.06. The Morgan fingerprint density at radius 1 is 1.14 bits per heavy atom. The van der Waals surface area contributed by atoms with E-state index in [0.29, 0.717) is 6.54 Å². The maximum absolute atomic E-state index is 12.3. The molecule has 1 saturated heterocycles. The van der Waals surface area contributed by atoms with E-state index >= 15 is 0 Å². The van der Waals surface area contributed by atoms with Gasteiger partial charge in [0.05, 0.1) is 33.3 Å². The first-order valence-electron chi connectivity index (χ1n) is 10.4. The van der Waals surface area contributed by atoms with Crippen LogP contribution in [-0.4, -0.2) is 65.9 Å². The van der Waals surface area contributed by atoms with Gasteiger partial charge in [0.15, 0.2) is 6.54 Å². The minimum absolute atomic E-state index is 0.150. The molecule has 1 aliphatic heterocycles. The van der Waals surface area contributed by atoms with Crippen molar-refractivity contribution in [2.45, 2.75) is 6.42 Å². The molecule has 0 radical (unpaired) electrons. The lowest BCUT2D eigenvalue weighted by atomic mass is 10.2. The quantitative estimate of drug-likeness (QED) is 0.621. The molecular formula is C23H33N4O2+. The number of hydrogen-bond acceptors (Lipinski definition) is 4. The summed E-state index contributed by atoms with van der Waals surface area (Å²) in [5.74, 6) is 1.03. The van der Waals surface area contributed by atoms with Crippen molar-refractivity contribution in [3.05, 3.63) is 54.6 Å². The topological polar surface area (TPSA) is 49.3 Å². The minimum Gasteiger partial charge on any atom is -0.497 e. The first kappa shape index (κ1) is 21.0. The number of carbonyl (C=O) groups excluding carboxylic acids is 1. The van der Waals surface area contributed by atoms with Gasteiger partial charge < -0.3 is 24.8 Å². The second kappa shape index (κ2) is 10.7. The van der Waals surface area contributed by atoms with E-state index in [4.69, 9.17) is 4.74 Å². The summed E-state index contributed by atoms with van der Waals surface area (Å²) in [4.78, 5) is 18.2. The number of methoxy groups -OCH3 is 1. The van der Waals surface area contributed by atoms with E-state index in [1.54, 1.807) is 7.11 Å². The molecule has 0 saturated carbocycles. The summed E-state index contributed by atoms with van der Waals surface area (Å²) in [5.41, 5.74) is 2.40. The first-order valence-corrected chi connectivity index (χ1v) is 10.4. The Morgan fingerprint density at radius 3 is 2.62 bits per heavy atom. The predicted molar refractivity (Wildman–Crippen MR) is 118 cm³/mol. The monoisotopic (exact) mass is 397 g/mol. The molecule has 1 aliphatic rings. The summed E-state index contributed by atoms with van der Waals surface area (Å²) in [7, 11) is 3.78. The Morgan fingerprint density at radius 2 is 1.90 bits per heavy atom. The molecule has 2 aromatic carbocycles. The van der Waals surface area contributed by atoms with Crippen LogP contribution >= 0.6 is 0 Å². The lowest BCUT2D eigenvalue weighted by molar-refractivity contribution is -0.892. The Balaban J connectivity index is 1.32. The number of hydrogen-bond donors (Lipinski definition) is 2. The fourth-order valence-electron chi connectivity index (χ4n) is 3.71. The van der Waals surface area contributed by atoms with Gasteiger partial charge in [0.2, 0.25) is 0 Å². The van der Waals surface area contributed by atoms with E-state index in [-0.39, 0.29) is 5.91 Å². The summed E-state index contributed by atoms with van der Waals surface area (Å²) in [6.07, 6.45) is 0.941. The first-order chi connectivity index (χ1) is 14.2. The van der Waals surface area contributed by atoms with Crippen molar-refractivity contribution in [3.8, 4) is 5.75 Å². The van der Waals surface area contributed by atoms with Gasteiger partial charge in [-0.1, -0.05) is 24.3 Å². The SMILES string of the molecule is COc1cccc(N2CC[NH+](CC(=O)NCCCN(C)c3ccccc3)CC2)c1. The molecule has 1 amide bonds. The van der Waals surface area contributed by atoms with E-state index < -0.39 is 0 Å². The fraction of sp³-hybridized carbons (Fsp3) is 0.435. The summed E-state index contributed by atoms with van der Waals surface area (Å²) >= 11 is 0. The fourth-order valence-corrected chi connectivity index (χ4v) is 3.71. The van der Waals surface area contributed by atoms with Crippen LogP contribution in [0.3, 0.4) is 0 Å². The molecule has 0 unspecified atom stereocenters. The van der Waals surface area contributed by atoms with Crippen LogP contribution in [0.25, 0.3) is 0 Å². The smallest absolute Gasteiger partial charge is 0.275 e. The average Bonchev–Trinajstić information content (AvgIpc) is 2.77. The van der Waals surface area contributed by atoms with Gasteiger partial charge >= 0.3 is 0 Å². The number of para-hydroxylation sites is 1. The lowest BCUT2D eigenvalue weighted by Gasteiger charge is -2.33. The Hall–Kier alpha value is -2.73. The van der Waals surface area contributed by atoms with Crippen molar-refractivity contribution in [1.29, 1.82) is 0 Å². The van der Waals surface area contributed by atoms with Crippen LogP contribution in [0.1, 0.15) is 6.42 Å². The van der Waals surface area contributed by atoms with Gasteiger partial charge in [0, 0.05) is 37.6 Å². The zero-order valence-electron chi connectivity index (χ0n) is 17.6. The van der Waals surface area contributed by atoms with Crippen molar-refractivity contribution >= 4 is 17.3 Å². The standard InChI is InChI=1S/C23H32N4O2/c1-25(20-8-4-3-5-9-20)13-7-12-24-23(28)19-26-14-16-27(17-15-26)21-10-6-11-22(18-21)29-2/h3-6,8-11,18H,7,12-17,19H2,1-2H3,(H,24,28)/p+1. The van der Waals surface area contributed by atoms with Crippen molar-refractivity contribution in [1.82, 2.24) is 5.32 Å². The molecule has 2 aromatic rings. The Labute approximate surface area is 174 Å². The number of quaternary nitrogens is 1. The van der Waals surface area contributed by atoms with Crippen LogP contribution in [0.15, 0.2) is 54.6 Å². The molecule has 0 aliphatic carbocycles. The second-order valence-corrected chi connectivity index (χ2v) is 7.58. The Bertz CT molecular complexity index is 760. The van der Waals surface area contributed by atoms with Crippen LogP contribution in [0.2, 0.25) is 0 Å². The highest BCUT2D eigenvalue weighted by atomic mass is 16.5. The molecule has 0 spiro atoms. The largest absolute Gasteiger partial charge is 0.497 e. The normalized spacial score (nSPS) is 14.5. The van der Waals surface area contributed by atoms with Gasteiger partial charge in [0.25, 0.3) is 5.91 Å². The van der Waals surface area contributed by atoms with Gasteiger partial charge in [-0.15, -0.1) is 0 Å². The van der Waals surface area contributed by atoms with E-state index in [0.717, 1.165) is 51.4 Å². The number of ether oxygens (including phenoxy) is 1. The van der Waals surface area contributed by atoms with Crippen LogP contribution in [0.4, 0.5) is 11.4 Å². The third kappa shape index (κ3) is 6.39. The summed E-state index contributed by atoms with van der Waals surface area (Å²) < 4.78 is 5.32. The molecule has 6 heteroatoms. The second-order valence-electron chi connectivity index (χ2n) is 7.58. The predicted octanol–water partition coefficient (Wildman–Crippen LogP) is 1.04. The number of anilines is 2. The zero-order chi connectivity index (χ0) is 20.5. The van der Waals surface area contributed by atoms with Gasteiger partial charge in [0.1, 0.15) is 5.75 Å². The maximum Gasteiger partial charge on any atom is 0.275 e. The lowest BCUT2D eigenvalue weighted by Crippen LogP contribution is -3.15. The molecule has 6 nitrogen and oxygen atoms in total. The van der Waals surface area contributed by atoms with Gasteiger partial charge in [-0.3, -0.25) is 4.79 Å². The average molecular weight is 398 g/mol. The van der Waals surface area contributed by atoms with Gasteiger partial charge in [-0.25, -0.2) is 0 Å². The van der Waals surface area contributed by atoms with Crippen LogP contribution in [-0.2, 0) is 4.79 Å². The maximum atomic E-state index is 12.3. The van der Waals surface area contributed by atoms with Crippen molar-refractivity contribution in [2.75, 3.05) is 69.8 Å². The van der Waals surface area contributed by atoms with Gasteiger partial charge in [-0.05, 0) is 30.7 Å². The molecule has 0 aromatic heterocycles. The summed E-state index contributed by atoms with van der Waals surface area (Å²) in [5, 5.41) is 3.08. The van der Waals surface area contributed by atoms with Crippen molar-refractivity contribution in [2.24, 2.45) is 0 Å². The number of piperazine rings is 1. The highest BCUT2D eigenvalue weighted by molar-refractivity contribution is 5.76. The molecule has 3 rings (SSSR count). The molecule has 156 valence electrons. The molecule has 0 atom stereocenters. The molecule has 29 heavy (non-hydrogen) atoms. The molecule has 1 fully saturated rings. The molecular weight excluding hydrogens is 364 g/mol. The van der Waals surface area contributed by atoms with Crippen LogP contribution in [0, 0.1) is 0 Å². The molecule has 0 bridgehead atoms. The number of rotatable bonds is 9.